The summed E-state index contributed by atoms with van der Waals surface area (Å²) in [4.78, 5) is 30.6. The summed E-state index contributed by atoms with van der Waals surface area (Å²) >= 11 is 6.53. The van der Waals surface area contributed by atoms with Gasteiger partial charge in [0.05, 0.1) is 16.3 Å². The number of hydrogen-bond donors (Lipinski definition) is 4. The van der Waals surface area contributed by atoms with Crippen LogP contribution in [0.3, 0.4) is 0 Å². The second-order valence-electron chi connectivity index (χ2n) is 11.4. The molecule has 0 amide bonds. The van der Waals surface area contributed by atoms with Crippen molar-refractivity contribution in [2.45, 2.75) is 63.2 Å². The Bertz CT molecular complexity index is 1210. The standard InChI is InChI=1S/C28H35ClN2O7/c1-13(2)16-10-9-15(4)27(35)18(16)11-14(3)24(37-12-32)21(27)20-22(25(33)34)30-26-28(20,36)17-7-6-8-19(29)23(17)31(5)38-26/h6-8,11-12,15-16,18,20-22,24,26,30,35-36H,1,9-10H2,2-5H3,(H,33,34)/t15-,16+,18+,20+,21+,22+,24?,26-,27-,28+/m1/s1. The minimum Gasteiger partial charge on any atom is -0.480 e. The molecule has 1 unspecified atom stereocenters. The number of fused-ring (bicyclic) bond motifs is 4. The van der Waals surface area contributed by atoms with Gasteiger partial charge >= 0.3 is 5.97 Å². The van der Waals surface area contributed by atoms with Gasteiger partial charge in [-0.05, 0) is 50.2 Å². The van der Waals surface area contributed by atoms with Crippen molar-refractivity contribution in [3.63, 3.8) is 0 Å². The average molecular weight is 547 g/mol. The molecule has 2 aliphatic carbocycles. The maximum Gasteiger partial charge on any atom is 0.321 e. The van der Waals surface area contributed by atoms with Crippen LogP contribution in [-0.4, -0.2) is 58.8 Å². The molecule has 206 valence electrons. The molecule has 0 bridgehead atoms. The van der Waals surface area contributed by atoms with Crippen LogP contribution in [0.2, 0.25) is 5.02 Å². The smallest absolute Gasteiger partial charge is 0.321 e. The third kappa shape index (κ3) is 3.59. The molecule has 10 atom stereocenters. The lowest BCUT2D eigenvalue weighted by Crippen LogP contribution is -2.67. The number of para-hydroxylation sites is 1. The predicted octanol–water partition coefficient (Wildman–Crippen LogP) is 2.99. The van der Waals surface area contributed by atoms with E-state index in [1.807, 2.05) is 26.8 Å². The van der Waals surface area contributed by atoms with E-state index in [0.717, 1.165) is 12.0 Å². The van der Waals surface area contributed by atoms with E-state index in [1.165, 1.54) is 5.06 Å². The molecule has 38 heavy (non-hydrogen) atoms. The van der Waals surface area contributed by atoms with Gasteiger partial charge in [0.15, 0.2) is 6.23 Å². The zero-order valence-electron chi connectivity index (χ0n) is 21.9. The fourth-order valence-corrected chi connectivity index (χ4v) is 8.10. The lowest BCUT2D eigenvalue weighted by atomic mass is 9.49. The molecule has 10 heteroatoms. The second kappa shape index (κ2) is 9.34. The number of aliphatic hydroxyl groups is 2. The molecule has 1 saturated carbocycles. The highest BCUT2D eigenvalue weighted by molar-refractivity contribution is 6.33. The first-order valence-corrected chi connectivity index (χ1v) is 13.3. The Balaban J connectivity index is 1.79. The number of carboxylic acids is 1. The molecule has 0 spiro atoms. The fourth-order valence-electron chi connectivity index (χ4n) is 7.81. The van der Waals surface area contributed by atoms with Crippen molar-refractivity contribution in [2.24, 2.45) is 29.6 Å². The maximum atomic E-state index is 12.8. The number of allylic oxidation sites excluding steroid dienone is 1. The van der Waals surface area contributed by atoms with Crippen molar-refractivity contribution in [3.8, 4) is 0 Å². The predicted molar refractivity (Wildman–Crippen MR) is 140 cm³/mol. The Kier molecular flexibility index (Phi) is 6.68. The number of benzene rings is 1. The number of nitrogens with one attached hydrogen (secondary N) is 1. The van der Waals surface area contributed by atoms with Crippen LogP contribution < -0.4 is 10.4 Å². The van der Waals surface area contributed by atoms with Crippen LogP contribution in [0, 0.1) is 29.6 Å². The van der Waals surface area contributed by atoms with E-state index >= 15 is 0 Å². The van der Waals surface area contributed by atoms with Crippen molar-refractivity contribution in [3.05, 3.63) is 52.6 Å². The summed E-state index contributed by atoms with van der Waals surface area (Å²) in [5.41, 5.74) is -1.08. The van der Waals surface area contributed by atoms with Crippen LogP contribution in [0.25, 0.3) is 0 Å². The molecule has 4 N–H and O–H groups in total. The molecule has 2 fully saturated rings. The van der Waals surface area contributed by atoms with Crippen LogP contribution in [0.1, 0.15) is 39.2 Å². The molecular weight excluding hydrogens is 512 g/mol. The number of rotatable bonds is 5. The SMILES string of the molecule is C=C(C)[C@@H]1CC[C@@H](C)[C@]2(O)[C@@H]([C@H]3[C@@H](C(=O)O)N[C@@H]4ON(C)c5c(Cl)cccc5[C@]34O)C(OC=O)C(C)=C[C@@H]12. The quantitative estimate of drug-likeness (QED) is 0.325. The zero-order chi connectivity index (χ0) is 27.7. The van der Waals surface area contributed by atoms with Gasteiger partial charge in [0.25, 0.3) is 6.47 Å². The van der Waals surface area contributed by atoms with Crippen LogP contribution in [0.4, 0.5) is 5.69 Å². The fraction of sp³-hybridized carbons (Fsp3) is 0.571. The molecule has 5 rings (SSSR count). The number of anilines is 1. The third-order valence-corrected chi connectivity index (χ3v) is 9.81. The van der Waals surface area contributed by atoms with Gasteiger partial charge in [-0.2, -0.15) is 0 Å². The van der Waals surface area contributed by atoms with E-state index in [-0.39, 0.29) is 11.8 Å². The van der Waals surface area contributed by atoms with Gasteiger partial charge in [0.2, 0.25) is 0 Å². The summed E-state index contributed by atoms with van der Waals surface area (Å²) < 4.78 is 5.62. The Morgan fingerprint density at radius 2 is 2.03 bits per heavy atom. The van der Waals surface area contributed by atoms with Crippen molar-refractivity contribution < 1.29 is 34.5 Å². The van der Waals surface area contributed by atoms with Gasteiger partial charge in [-0.15, -0.1) is 0 Å². The van der Waals surface area contributed by atoms with Gasteiger partial charge in [-0.3, -0.25) is 24.8 Å². The number of hydroxylamine groups is 1. The number of carboxylic acid groups (broad SMARTS) is 1. The maximum absolute atomic E-state index is 12.8. The Hall–Kier alpha value is -2.43. The first kappa shape index (κ1) is 27.1. The molecule has 2 aliphatic heterocycles. The van der Waals surface area contributed by atoms with Crippen molar-refractivity contribution in [2.75, 3.05) is 12.1 Å². The monoisotopic (exact) mass is 546 g/mol. The van der Waals surface area contributed by atoms with E-state index < -0.39 is 53.3 Å². The summed E-state index contributed by atoms with van der Waals surface area (Å²) in [5, 5.41) is 40.5. The number of carbonyl (C=O) groups excluding carboxylic acids is 1. The molecule has 1 aromatic carbocycles. The Labute approximate surface area is 227 Å². The van der Waals surface area contributed by atoms with Gasteiger partial charge in [-0.25, -0.2) is 0 Å². The lowest BCUT2D eigenvalue weighted by Gasteiger charge is -2.59. The molecule has 9 nitrogen and oxygen atoms in total. The van der Waals surface area contributed by atoms with Gasteiger partial charge in [0.1, 0.15) is 17.7 Å². The molecule has 1 saturated heterocycles. The molecular formula is C28H35ClN2O7. The number of carbonyl (C=O) groups is 2. The van der Waals surface area contributed by atoms with Crippen LogP contribution in [0.5, 0.6) is 0 Å². The number of hydrogen-bond acceptors (Lipinski definition) is 8. The first-order chi connectivity index (χ1) is 17.9. The van der Waals surface area contributed by atoms with E-state index in [1.54, 1.807) is 25.2 Å². The second-order valence-corrected chi connectivity index (χ2v) is 11.8. The molecule has 0 aromatic heterocycles. The summed E-state index contributed by atoms with van der Waals surface area (Å²) in [6.07, 6.45) is 1.27. The number of nitrogens with zero attached hydrogens (tertiary/aromatic N) is 1. The average Bonchev–Trinajstić information content (AvgIpc) is 3.14. The van der Waals surface area contributed by atoms with E-state index in [4.69, 9.17) is 21.2 Å². The highest BCUT2D eigenvalue weighted by atomic mass is 35.5. The Morgan fingerprint density at radius 1 is 1.32 bits per heavy atom. The van der Waals surface area contributed by atoms with Crippen molar-refractivity contribution >= 4 is 29.7 Å². The highest BCUT2D eigenvalue weighted by Crippen LogP contribution is 2.61. The topological polar surface area (TPSA) is 129 Å². The molecule has 0 radical (unpaired) electrons. The van der Waals surface area contributed by atoms with Crippen LogP contribution in [0.15, 0.2) is 42.0 Å². The van der Waals surface area contributed by atoms with Gasteiger partial charge in [-0.1, -0.05) is 48.9 Å². The molecule has 2 heterocycles. The largest absolute Gasteiger partial charge is 0.480 e. The normalized spacial score (nSPS) is 41.9. The van der Waals surface area contributed by atoms with E-state index in [0.29, 0.717) is 34.7 Å². The van der Waals surface area contributed by atoms with Crippen molar-refractivity contribution in [1.29, 1.82) is 0 Å². The summed E-state index contributed by atoms with van der Waals surface area (Å²) in [5.74, 6) is -4.15. The molecule has 1 aromatic rings. The number of halogens is 1. The van der Waals surface area contributed by atoms with E-state index in [2.05, 4.69) is 11.9 Å². The first-order valence-electron chi connectivity index (χ1n) is 12.9. The van der Waals surface area contributed by atoms with Crippen molar-refractivity contribution in [1.82, 2.24) is 5.32 Å². The number of ether oxygens (including phenoxy) is 1. The minimum atomic E-state index is -1.93. The van der Waals surface area contributed by atoms with Gasteiger partial charge < -0.3 is 20.1 Å². The van der Waals surface area contributed by atoms with Crippen LogP contribution in [-0.2, 0) is 24.8 Å². The summed E-state index contributed by atoms with van der Waals surface area (Å²) in [7, 11) is 1.63. The van der Waals surface area contributed by atoms with E-state index in [9.17, 15) is 24.9 Å². The Morgan fingerprint density at radius 3 is 2.66 bits per heavy atom. The number of aliphatic carboxylic acids is 1. The summed E-state index contributed by atoms with van der Waals surface area (Å²) in [6.45, 7) is 10.2. The van der Waals surface area contributed by atoms with Crippen LogP contribution >= 0.6 is 11.6 Å². The molecule has 4 aliphatic rings. The van der Waals surface area contributed by atoms with Gasteiger partial charge in [0, 0.05) is 30.4 Å². The highest BCUT2D eigenvalue weighted by Gasteiger charge is 2.71. The minimum absolute atomic E-state index is 0.0654. The summed E-state index contributed by atoms with van der Waals surface area (Å²) in [6, 6.07) is 3.70. The third-order valence-electron chi connectivity index (χ3n) is 9.50. The zero-order valence-corrected chi connectivity index (χ0v) is 22.7. The lowest BCUT2D eigenvalue weighted by molar-refractivity contribution is -0.221.